The molecule has 1 aromatic carbocycles. The highest BCUT2D eigenvalue weighted by atomic mass is 79.9. The van der Waals surface area contributed by atoms with Crippen LogP contribution in [0.3, 0.4) is 0 Å². The average Bonchev–Trinajstić information content (AvgIpc) is 2.29. The van der Waals surface area contributed by atoms with E-state index in [0.29, 0.717) is 0 Å². The monoisotopic (exact) mass is 315 g/mol. The lowest BCUT2D eigenvalue weighted by atomic mass is 9.95. The molecule has 3 N–H and O–H groups in total. The molecule has 0 saturated carbocycles. The molecule has 1 rings (SSSR count). The second-order valence-electron chi connectivity index (χ2n) is 4.48. The van der Waals surface area contributed by atoms with Gasteiger partial charge in [0.2, 0.25) is 0 Å². The normalized spacial score (nSPS) is 13.9. The Balaban J connectivity index is 2.95. The Morgan fingerprint density at radius 3 is 2.39 bits per heavy atom. The maximum absolute atomic E-state index is 12.1. The van der Waals surface area contributed by atoms with E-state index in [0.717, 1.165) is 18.2 Å². The number of rotatable bonds is 5. The van der Waals surface area contributed by atoms with E-state index in [1.54, 1.807) is 0 Å². The highest BCUT2D eigenvalue weighted by molar-refractivity contribution is 9.09. The van der Waals surface area contributed by atoms with Gasteiger partial charge < -0.3 is 15.5 Å². The highest BCUT2D eigenvalue weighted by Crippen LogP contribution is 2.27. The van der Waals surface area contributed by atoms with Gasteiger partial charge in [-0.25, -0.2) is 0 Å². The first-order chi connectivity index (χ1) is 8.43. The fourth-order valence-electron chi connectivity index (χ4n) is 1.63. The third-order valence-corrected chi connectivity index (χ3v) is 3.49. The Hall–Kier alpha value is -1.23. The molecule has 4 nitrogen and oxygen atoms in total. The number of carbonyl (C=O) groups is 1. The third-order valence-electron chi connectivity index (χ3n) is 3.09. The number of hydrogen-bond donors (Lipinski definition) is 3. The quantitative estimate of drug-likeness (QED) is 0.732. The van der Waals surface area contributed by atoms with Crippen molar-refractivity contribution in [1.82, 2.24) is 5.32 Å². The van der Waals surface area contributed by atoms with Gasteiger partial charge in [-0.3, -0.25) is 4.79 Å². The van der Waals surface area contributed by atoms with Gasteiger partial charge in [0, 0.05) is 10.9 Å². The zero-order valence-corrected chi connectivity index (χ0v) is 12.1. The lowest BCUT2D eigenvalue weighted by molar-refractivity contribution is 0.0896. The Bertz CT molecular complexity index is 416. The van der Waals surface area contributed by atoms with E-state index in [9.17, 15) is 15.0 Å². The van der Waals surface area contributed by atoms with Gasteiger partial charge >= 0.3 is 0 Å². The lowest BCUT2D eigenvalue weighted by Gasteiger charge is -2.29. The summed E-state index contributed by atoms with van der Waals surface area (Å²) in [5, 5.41) is 22.9. The Morgan fingerprint density at radius 1 is 1.39 bits per heavy atom. The van der Waals surface area contributed by atoms with Gasteiger partial charge in [-0.1, -0.05) is 28.9 Å². The molecule has 1 unspecified atom stereocenters. The van der Waals surface area contributed by atoms with Crippen LogP contribution in [0.5, 0.6) is 11.5 Å². The summed E-state index contributed by atoms with van der Waals surface area (Å²) in [6.45, 7) is 3.91. The summed E-state index contributed by atoms with van der Waals surface area (Å²) in [6, 6.07) is 4.24. The molecule has 1 aromatic rings. The summed E-state index contributed by atoms with van der Waals surface area (Å²) in [5.41, 5.74) is -0.443. The van der Waals surface area contributed by atoms with Crippen molar-refractivity contribution < 1.29 is 15.0 Å². The molecule has 0 radical (unpaired) electrons. The molecule has 0 spiro atoms. The second-order valence-corrected chi connectivity index (χ2v) is 5.27. The molecule has 0 aromatic heterocycles. The molecular weight excluding hydrogens is 298 g/mol. The second kappa shape index (κ2) is 6.09. The number of aromatic hydroxyl groups is 2. The molecule has 1 atom stereocenters. The van der Waals surface area contributed by atoms with Gasteiger partial charge in [-0.05, 0) is 31.9 Å². The molecule has 0 aliphatic carbocycles. The van der Waals surface area contributed by atoms with Gasteiger partial charge in [-0.2, -0.15) is 0 Å². The van der Waals surface area contributed by atoms with Crippen molar-refractivity contribution in [2.24, 2.45) is 0 Å². The van der Waals surface area contributed by atoms with Crippen LogP contribution in [-0.2, 0) is 0 Å². The number of halogens is 1. The molecule has 0 aliphatic heterocycles. The minimum Gasteiger partial charge on any atom is -0.507 e. The topological polar surface area (TPSA) is 69.6 Å². The molecule has 0 saturated heterocycles. The number of phenols is 2. The van der Waals surface area contributed by atoms with Gasteiger partial charge in [0.25, 0.3) is 5.91 Å². The first-order valence-electron chi connectivity index (χ1n) is 5.83. The van der Waals surface area contributed by atoms with Crippen LogP contribution < -0.4 is 5.32 Å². The van der Waals surface area contributed by atoms with Crippen LogP contribution in [0, 0.1) is 0 Å². The molecule has 18 heavy (non-hydrogen) atoms. The van der Waals surface area contributed by atoms with E-state index in [4.69, 9.17) is 0 Å². The zero-order chi connectivity index (χ0) is 13.8. The van der Waals surface area contributed by atoms with Crippen LogP contribution in [0.15, 0.2) is 18.2 Å². The summed E-state index contributed by atoms with van der Waals surface area (Å²) in [5.74, 6) is -0.898. The van der Waals surface area contributed by atoms with Crippen molar-refractivity contribution in [2.45, 2.75) is 32.2 Å². The molecule has 0 heterocycles. The maximum Gasteiger partial charge on any atom is 0.259 e. The fourth-order valence-corrected chi connectivity index (χ4v) is 2.51. The first kappa shape index (κ1) is 14.8. The lowest BCUT2D eigenvalue weighted by Crippen LogP contribution is -2.45. The summed E-state index contributed by atoms with van der Waals surface area (Å²) in [6.07, 6.45) is 1.53. The molecule has 5 heteroatoms. The SMILES string of the molecule is CCC(C)(CCBr)NC(=O)c1c(O)cccc1O. The number of benzene rings is 1. The summed E-state index contributed by atoms with van der Waals surface area (Å²) >= 11 is 3.35. The first-order valence-corrected chi connectivity index (χ1v) is 6.95. The van der Waals surface area contributed by atoms with E-state index in [1.165, 1.54) is 18.2 Å². The zero-order valence-electron chi connectivity index (χ0n) is 10.5. The van der Waals surface area contributed by atoms with E-state index in [1.807, 2.05) is 13.8 Å². The van der Waals surface area contributed by atoms with Crippen LogP contribution in [0.25, 0.3) is 0 Å². The summed E-state index contributed by atoms with van der Waals surface area (Å²) in [4.78, 5) is 12.1. The van der Waals surface area contributed by atoms with Crippen LogP contribution >= 0.6 is 15.9 Å². The van der Waals surface area contributed by atoms with Crippen molar-refractivity contribution >= 4 is 21.8 Å². The molecule has 0 bridgehead atoms. The molecule has 1 amide bonds. The van der Waals surface area contributed by atoms with Gasteiger partial charge in [0.15, 0.2) is 0 Å². The van der Waals surface area contributed by atoms with Crippen molar-refractivity contribution in [3.63, 3.8) is 0 Å². The van der Waals surface area contributed by atoms with E-state index in [2.05, 4.69) is 21.2 Å². The Kier molecular flexibility index (Phi) is 5.02. The summed E-state index contributed by atoms with van der Waals surface area (Å²) in [7, 11) is 0. The smallest absolute Gasteiger partial charge is 0.259 e. The number of carbonyl (C=O) groups excluding carboxylic acids is 1. The minimum absolute atomic E-state index is 0.0771. The number of amides is 1. The average molecular weight is 316 g/mol. The van der Waals surface area contributed by atoms with Gasteiger partial charge in [0.05, 0.1) is 0 Å². The number of hydrogen-bond acceptors (Lipinski definition) is 3. The molecule has 0 aliphatic rings. The molecule has 0 fully saturated rings. The third kappa shape index (κ3) is 3.38. The fraction of sp³-hybridized carbons (Fsp3) is 0.462. The summed E-state index contributed by atoms with van der Waals surface area (Å²) < 4.78 is 0. The maximum atomic E-state index is 12.1. The number of nitrogens with one attached hydrogen (secondary N) is 1. The van der Waals surface area contributed by atoms with Crippen molar-refractivity contribution in [1.29, 1.82) is 0 Å². The minimum atomic E-state index is -0.462. The van der Waals surface area contributed by atoms with Crippen molar-refractivity contribution in [3.05, 3.63) is 23.8 Å². The number of phenolic OH excluding ortho intramolecular Hbond substituents is 2. The Morgan fingerprint density at radius 2 is 1.94 bits per heavy atom. The van der Waals surface area contributed by atoms with Gasteiger partial charge in [-0.15, -0.1) is 0 Å². The van der Waals surface area contributed by atoms with Crippen LogP contribution in [0.1, 0.15) is 37.0 Å². The standard InChI is InChI=1S/C13H18BrNO3/c1-3-13(2,7-8-14)15-12(18)11-9(16)5-4-6-10(11)17/h4-6,16-17H,3,7-8H2,1-2H3,(H,15,18). The van der Waals surface area contributed by atoms with Crippen molar-refractivity contribution in [3.8, 4) is 11.5 Å². The van der Waals surface area contributed by atoms with Crippen LogP contribution in [-0.4, -0.2) is 27.0 Å². The van der Waals surface area contributed by atoms with E-state index >= 15 is 0 Å². The largest absolute Gasteiger partial charge is 0.507 e. The van der Waals surface area contributed by atoms with E-state index in [-0.39, 0.29) is 22.6 Å². The van der Waals surface area contributed by atoms with Crippen LogP contribution in [0.2, 0.25) is 0 Å². The highest BCUT2D eigenvalue weighted by Gasteiger charge is 2.26. The number of alkyl halides is 1. The predicted octanol–water partition coefficient (Wildman–Crippen LogP) is 2.78. The Labute approximate surface area is 115 Å². The van der Waals surface area contributed by atoms with Gasteiger partial charge in [0.1, 0.15) is 17.1 Å². The van der Waals surface area contributed by atoms with E-state index < -0.39 is 5.91 Å². The van der Waals surface area contributed by atoms with Crippen LogP contribution in [0.4, 0.5) is 0 Å². The predicted molar refractivity (Wildman–Crippen MR) is 74.3 cm³/mol. The van der Waals surface area contributed by atoms with Crippen molar-refractivity contribution in [2.75, 3.05) is 5.33 Å². The molecular formula is C13H18BrNO3. The molecule has 100 valence electrons.